The molecular formula is C18H16ClN3O2. The van der Waals surface area contributed by atoms with Gasteiger partial charge in [-0.25, -0.2) is 10.5 Å². The van der Waals surface area contributed by atoms with Gasteiger partial charge in [0.1, 0.15) is 0 Å². The first-order valence-corrected chi connectivity index (χ1v) is 7.83. The van der Waals surface area contributed by atoms with Crippen LogP contribution >= 0.6 is 11.6 Å². The molecule has 3 rings (SSSR count). The van der Waals surface area contributed by atoms with Crippen LogP contribution in [0, 0.1) is 0 Å². The monoisotopic (exact) mass is 341 g/mol. The predicted molar refractivity (Wildman–Crippen MR) is 93.0 cm³/mol. The molecule has 0 saturated heterocycles. The second kappa shape index (κ2) is 7.40. The molecule has 3 N–H and O–H groups in total. The van der Waals surface area contributed by atoms with Gasteiger partial charge >= 0.3 is 0 Å². The quantitative estimate of drug-likeness (QED) is 0.491. The van der Waals surface area contributed by atoms with Crippen molar-refractivity contribution in [2.75, 3.05) is 0 Å². The van der Waals surface area contributed by atoms with Crippen molar-refractivity contribution in [1.29, 1.82) is 0 Å². The second-order valence-corrected chi connectivity index (χ2v) is 5.76. The largest absolute Gasteiger partial charge is 0.307 e. The average Bonchev–Trinajstić information content (AvgIpc) is 2.62. The SMILES string of the molecule is O=C(NO)c1ccc(CNCc2ccc3cccc(Cl)c3n2)cc1. The number of carbonyl (C=O) groups excluding carboxylic acids is 1. The van der Waals surface area contributed by atoms with E-state index in [0.717, 1.165) is 22.2 Å². The maximum absolute atomic E-state index is 11.3. The Morgan fingerprint density at radius 2 is 1.83 bits per heavy atom. The van der Waals surface area contributed by atoms with Crippen LogP contribution in [0.15, 0.2) is 54.6 Å². The number of halogens is 1. The Kier molecular flexibility index (Phi) is 5.05. The van der Waals surface area contributed by atoms with E-state index in [1.165, 1.54) is 0 Å². The summed E-state index contributed by atoms with van der Waals surface area (Å²) < 4.78 is 0. The van der Waals surface area contributed by atoms with Crippen molar-refractivity contribution in [1.82, 2.24) is 15.8 Å². The van der Waals surface area contributed by atoms with Gasteiger partial charge in [0.2, 0.25) is 0 Å². The molecule has 0 saturated carbocycles. The van der Waals surface area contributed by atoms with Gasteiger partial charge in [0.25, 0.3) is 5.91 Å². The summed E-state index contributed by atoms with van der Waals surface area (Å²) in [5.41, 5.74) is 4.76. The molecule has 0 atom stereocenters. The molecule has 0 fully saturated rings. The van der Waals surface area contributed by atoms with Crippen molar-refractivity contribution in [3.05, 3.63) is 76.4 Å². The molecule has 0 unspecified atom stereocenters. The minimum atomic E-state index is -0.522. The number of pyridine rings is 1. The van der Waals surface area contributed by atoms with Crippen LogP contribution in [-0.4, -0.2) is 16.1 Å². The smallest absolute Gasteiger partial charge is 0.274 e. The fraction of sp³-hybridized carbons (Fsp3) is 0.111. The standard InChI is InChI=1S/C18H16ClN3O2/c19-16-3-1-2-13-8-9-15(21-17(13)16)11-20-10-12-4-6-14(7-5-12)18(23)22-24/h1-9,20,24H,10-11H2,(H,22,23). The molecule has 0 spiro atoms. The first-order valence-electron chi connectivity index (χ1n) is 7.45. The number of nitrogens with zero attached hydrogens (tertiary/aromatic N) is 1. The van der Waals surface area contributed by atoms with Gasteiger partial charge in [0.15, 0.2) is 0 Å². The Labute approximate surface area is 144 Å². The number of fused-ring (bicyclic) bond motifs is 1. The van der Waals surface area contributed by atoms with Crippen LogP contribution in [-0.2, 0) is 13.1 Å². The Morgan fingerprint density at radius 3 is 2.58 bits per heavy atom. The van der Waals surface area contributed by atoms with Crippen molar-refractivity contribution in [2.45, 2.75) is 13.1 Å². The Morgan fingerprint density at radius 1 is 1.04 bits per heavy atom. The number of rotatable bonds is 5. The molecule has 5 nitrogen and oxygen atoms in total. The number of hydroxylamine groups is 1. The zero-order valence-corrected chi connectivity index (χ0v) is 13.5. The second-order valence-electron chi connectivity index (χ2n) is 5.36. The van der Waals surface area contributed by atoms with Crippen LogP contribution in [0.5, 0.6) is 0 Å². The number of carbonyl (C=O) groups is 1. The Bertz CT molecular complexity index is 866. The number of benzene rings is 2. The third kappa shape index (κ3) is 3.71. The Hall–Kier alpha value is -2.47. The summed E-state index contributed by atoms with van der Waals surface area (Å²) in [6.45, 7) is 1.25. The maximum Gasteiger partial charge on any atom is 0.274 e. The van der Waals surface area contributed by atoms with Crippen LogP contribution in [0.1, 0.15) is 21.6 Å². The third-order valence-corrected chi connectivity index (χ3v) is 3.99. The summed E-state index contributed by atoms with van der Waals surface area (Å²) in [5, 5.41) is 13.6. The predicted octanol–water partition coefficient (Wildman–Crippen LogP) is 3.30. The zero-order valence-electron chi connectivity index (χ0n) is 12.8. The number of para-hydroxylation sites is 1. The molecule has 0 bridgehead atoms. The van der Waals surface area contributed by atoms with Crippen LogP contribution in [0.2, 0.25) is 5.02 Å². The van der Waals surface area contributed by atoms with Crippen molar-refractivity contribution < 1.29 is 10.0 Å². The molecule has 1 aromatic heterocycles. The fourth-order valence-corrected chi connectivity index (χ4v) is 2.65. The molecule has 0 radical (unpaired) electrons. The molecule has 24 heavy (non-hydrogen) atoms. The van der Waals surface area contributed by atoms with Gasteiger partial charge in [-0.2, -0.15) is 0 Å². The van der Waals surface area contributed by atoms with Crippen LogP contribution < -0.4 is 10.8 Å². The van der Waals surface area contributed by atoms with Crippen molar-refractivity contribution in [3.63, 3.8) is 0 Å². The van der Waals surface area contributed by atoms with Crippen molar-refractivity contribution >= 4 is 28.4 Å². The van der Waals surface area contributed by atoms with Gasteiger partial charge in [-0.15, -0.1) is 0 Å². The highest BCUT2D eigenvalue weighted by Gasteiger charge is 2.04. The molecule has 3 aromatic rings. The molecule has 1 amide bonds. The van der Waals surface area contributed by atoms with E-state index in [9.17, 15) is 4.79 Å². The summed E-state index contributed by atoms with van der Waals surface area (Å²) in [4.78, 5) is 15.8. The number of hydrogen-bond donors (Lipinski definition) is 3. The summed E-state index contributed by atoms with van der Waals surface area (Å²) in [6.07, 6.45) is 0. The minimum Gasteiger partial charge on any atom is -0.307 e. The van der Waals surface area contributed by atoms with E-state index in [1.807, 2.05) is 42.5 Å². The van der Waals surface area contributed by atoms with Gasteiger partial charge in [-0.3, -0.25) is 10.0 Å². The van der Waals surface area contributed by atoms with Crippen LogP contribution in [0.25, 0.3) is 10.9 Å². The first-order chi connectivity index (χ1) is 11.7. The van der Waals surface area contributed by atoms with E-state index in [1.54, 1.807) is 17.6 Å². The molecule has 1 heterocycles. The normalized spacial score (nSPS) is 10.8. The van der Waals surface area contributed by atoms with Crippen LogP contribution in [0.4, 0.5) is 0 Å². The molecule has 2 aromatic carbocycles. The molecule has 6 heteroatoms. The van der Waals surface area contributed by atoms with Gasteiger partial charge in [-0.05, 0) is 29.8 Å². The molecule has 0 aliphatic carbocycles. The number of nitrogens with one attached hydrogen (secondary N) is 2. The molecule has 122 valence electrons. The lowest BCUT2D eigenvalue weighted by Gasteiger charge is -2.07. The average molecular weight is 342 g/mol. The molecule has 0 aliphatic heterocycles. The molecule has 0 aliphatic rings. The van der Waals surface area contributed by atoms with E-state index in [-0.39, 0.29) is 0 Å². The van der Waals surface area contributed by atoms with Crippen LogP contribution in [0.3, 0.4) is 0 Å². The molecular weight excluding hydrogens is 326 g/mol. The minimum absolute atomic E-state index is 0.409. The lowest BCUT2D eigenvalue weighted by atomic mass is 10.1. The van der Waals surface area contributed by atoms with Gasteiger partial charge in [-0.1, -0.05) is 41.9 Å². The highest BCUT2D eigenvalue weighted by atomic mass is 35.5. The summed E-state index contributed by atoms with van der Waals surface area (Å²) in [5.74, 6) is -0.522. The third-order valence-electron chi connectivity index (χ3n) is 3.68. The van der Waals surface area contributed by atoms with Crippen molar-refractivity contribution in [3.8, 4) is 0 Å². The van der Waals surface area contributed by atoms with Crippen molar-refractivity contribution in [2.24, 2.45) is 0 Å². The fourth-order valence-electron chi connectivity index (χ4n) is 2.42. The summed E-state index contributed by atoms with van der Waals surface area (Å²) in [7, 11) is 0. The maximum atomic E-state index is 11.3. The van der Waals surface area contributed by atoms with Gasteiger partial charge in [0, 0.05) is 24.0 Å². The lowest BCUT2D eigenvalue weighted by Crippen LogP contribution is -2.18. The lowest BCUT2D eigenvalue weighted by molar-refractivity contribution is 0.0706. The topological polar surface area (TPSA) is 74.2 Å². The summed E-state index contributed by atoms with van der Waals surface area (Å²) >= 11 is 6.18. The first kappa shape index (κ1) is 16.4. The number of hydrogen-bond acceptors (Lipinski definition) is 4. The number of amides is 1. The van der Waals surface area contributed by atoms with E-state index in [2.05, 4.69) is 10.3 Å². The van der Waals surface area contributed by atoms with E-state index >= 15 is 0 Å². The highest BCUT2D eigenvalue weighted by Crippen LogP contribution is 2.21. The van der Waals surface area contributed by atoms with E-state index < -0.39 is 5.91 Å². The summed E-state index contributed by atoms with van der Waals surface area (Å²) in [6, 6.07) is 16.7. The number of aromatic nitrogens is 1. The van der Waals surface area contributed by atoms with Gasteiger partial charge in [0.05, 0.1) is 16.2 Å². The highest BCUT2D eigenvalue weighted by molar-refractivity contribution is 6.35. The van der Waals surface area contributed by atoms with Gasteiger partial charge < -0.3 is 5.32 Å². The zero-order chi connectivity index (χ0) is 16.9. The van der Waals surface area contributed by atoms with E-state index in [4.69, 9.17) is 16.8 Å². The Balaban J connectivity index is 1.62. The van der Waals surface area contributed by atoms with E-state index in [0.29, 0.717) is 23.7 Å².